The highest BCUT2D eigenvalue weighted by Crippen LogP contribution is 2.34. The fourth-order valence-corrected chi connectivity index (χ4v) is 3.11. The van der Waals surface area contributed by atoms with Crippen LogP contribution in [0.1, 0.15) is 12.0 Å². The molecule has 0 radical (unpaired) electrons. The van der Waals surface area contributed by atoms with E-state index in [1.165, 1.54) is 19.2 Å². The van der Waals surface area contributed by atoms with Crippen molar-refractivity contribution in [1.82, 2.24) is 9.62 Å². The lowest BCUT2D eigenvalue weighted by Gasteiger charge is -2.20. The van der Waals surface area contributed by atoms with E-state index in [-0.39, 0.29) is 6.54 Å². The molecule has 1 aromatic carbocycles. The molecule has 0 aliphatic heterocycles. The first-order valence-electron chi connectivity index (χ1n) is 5.98. The summed E-state index contributed by atoms with van der Waals surface area (Å²) in [5, 5.41) is 2.85. The summed E-state index contributed by atoms with van der Waals surface area (Å²) in [7, 11) is -1.16. The number of nitrogens with zero attached hydrogens (tertiary/aromatic N) is 1. The fourth-order valence-electron chi connectivity index (χ4n) is 1.69. The highest BCUT2D eigenvalue weighted by atomic mass is 32.2. The quantitative estimate of drug-likeness (QED) is 0.817. The van der Waals surface area contributed by atoms with Crippen LogP contribution in [0.3, 0.4) is 0 Å². The standard InChI is InChI=1S/C12H17F3N2O2S/c1-16-8-5-9-17(2)20(18,19)11-7-4-3-6-10(11)12(13,14)15/h3-4,6-7,16H,5,8-9H2,1-2H3. The smallest absolute Gasteiger partial charge is 0.320 e. The highest BCUT2D eigenvalue weighted by molar-refractivity contribution is 7.89. The van der Waals surface area contributed by atoms with Crippen LogP contribution in [0, 0.1) is 0 Å². The minimum absolute atomic E-state index is 0.148. The van der Waals surface area contributed by atoms with Crippen LogP contribution in [0.2, 0.25) is 0 Å². The minimum Gasteiger partial charge on any atom is -0.320 e. The molecule has 0 saturated heterocycles. The van der Waals surface area contributed by atoms with Gasteiger partial charge in [0.15, 0.2) is 0 Å². The number of nitrogens with one attached hydrogen (secondary N) is 1. The molecule has 0 saturated carbocycles. The Labute approximate surface area is 116 Å². The first-order valence-corrected chi connectivity index (χ1v) is 7.42. The van der Waals surface area contributed by atoms with E-state index in [0.717, 1.165) is 16.4 Å². The summed E-state index contributed by atoms with van der Waals surface area (Å²) < 4.78 is 63.9. The van der Waals surface area contributed by atoms with Crippen LogP contribution in [0.4, 0.5) is 13.2 Å². The van der Waals surface area contributed by atoms with E-state index >= 15 is 0 Å². The molecule has 0 fully saturated rings. The van der Waals surface area contributed by atoms with Gasteiger partial charge in [-0.1, -0.05) is 12.1 Å². The molecule has 1 aromatic rings. The number of hydrogen-bond donors (Lipinski definition) is 1. The van der Waals surface area contributed by atoms with Gasteiger partial charge in [0, 0.05) is 13.6 Å². The lowest BCUT2D eigenvalue weighted by atomic mass is 10.2. The SMILES string of the molecule is CNCCCN(C)S(=O)(=O)c1ccccc1C(F)(F)F. The van der Waals surface area contributed by atoms with Crippen LogP contribution in [0.5, 0.6) is 0 Å². The number of sulfonamides is 1. The predicted octanol–water partition coefficient (Wildman–Crippen LogP) is 1.94. The van der Waals surface area contributed by atoms with Gasteiger partial charge in [-0.15, -0.1) is 0 Å². The molecule has 1 N–H and O–H groups in total. The lowest BCUT2D eigenvalue weighted by molar-refractivity contribution is -0.139. The van der Waals surface area contributed by atoms with E-state index in [2.05, 4.69) is 5.32 Å². The fraction of sp³-hybridized carbons (Fsp3) is 0.500. The number of rotatable bonds is 6. The Morgan fingerprint density at radius 2 is 1.85 bits per heavy atom. The van der Waals surface area contributed by atoms with Gasteiger partial charge in [-0.3, -0.25) is 0 Å². The van der Waals surface area contributed by atoms with E-state index < -0.39 is 26.7 Å². The zero-order chi connectivity index (χ0) is 15.4. The summed E-state index contributed by atoms with van der Waals surface area (Å²) in [6, 6.07) is 4.20. The van der Waals surface area contributed by atoms with Crippen molar-refractivity contribution in [2.45, 2.75) is 17.5 Å². The largest absolute Gasteiger partial charge is 0.417 e. The number of benzene rings is 1. The van der Waals surface area contributed by atoms with Crippen molar-refractivity contribution in [2.75, 3.05) is 27.2 Å². The summed E-state index contributed by atoms with van der Waals surface area (Å²) >= 11 is 0. The van der Waals surface area contributed by atoms with Gasteiger partial charge in [-0.2, -0.15) is 13.2 Å². The average Bonchev–Trinajstić information content (AvgIpc) is 2.38. The van der Waals surface area contributed by atoms with E-state index in [1.54, 1.807) is 7.05 Å². The molecule has 1 rings (SSSR count). The summed E-state index contributed by atoms with van der Waals surface area (Å²) in [5.74, 6) is 0. The van der Waals surface area contributed by atoms with Crippen LogP contribution in [0.25, 0.3) is 0 Å². The third kappa shape index (κ3) is 3.94. The molecule has 0 amide bonds. The molecular formula is C12H17F3N2O2S. The van der Waals surface area contributed by atoms with E-state index in [9.17, 15) is 21.6 Å². The van der Waals surface area contributed by atoms with E-state index in [0.29, 0.717) is 13.0 Å². The van der Waals surface area contributed by atoms with E-state index in [1.807, 2.05) is 0 Å². The van der Waals surface area contributed by atoms with Gasteiger partial charge in [0.05, 0.1) is 10.5 Å². The van der Waals surface area contributed by atoms with Gasteiger partial charge in [0.2, 0.25) is 10.0 Å². The summed E-state index contributed by atoms with van der Waals surface area (Å²) in [6.45, 7) is 0.732. The van der Waals surface area contributed by atoms with Crippen molar-refractivity contribution in [2.24, 2.45) is 0 Å². The van der Waals surface area contributed by atoms with Crippen LogP contribution in [0.15, 0.2) is 29.2 Å². The predicted molar refractivity (Wildman–Crippen MR) is 69.8 cm³/mol. The third-order valence-corrected chi connectivity index (χ3v) is 4.70. The molecule has 20 heavy (non-hydrogen) atoms. The minimum atomic E-state index is -4.70. The molecule has 0 unspecified atom stereocenters. The number of alkyl halides is 3. The summed E-state index contributed by atoms with van der Waals surface area (Å²) in [4.78, 5) is -0.709. The first kappa shape index (κ1) is 16.9. The molecule has 8 heteroatoms. The number of halogens is 3. The van der Waals surface area contributed by atoms with Gasteiger partial charge >= 0.3 is 6.18 Å². The second kappa shape index (κ2) is 6.55. The Balaban J connectivity index is 3.10. The van der Waals surface area contributed by atoms with Gasteiger partial charge in [0.25, 0.3) is 0 Å². The molecule has 0 aliphatic rings. The molecular weight excluding hydrogens is 293 g/mol. The van der Waals surface area contributed by atoms with Crippen LogP contribution in [-0.2, 0) is 16.2 Å². The van der Waals surface area contributed by atoms with Gasteiger partial charge < -0.3 is 5.32 Å². The first-order chi connectivity index (χ1) is 9.21. The van der Waals surface area contributed by atoms with E-state index in [4.69, 9.17) is 0 Å². The Morgan fingerprint density at radius 3 is 2.40 bits per heavy atom. The van der Waals surface area contributed by atoms with Crippen LogP contribution < -0.4 is 5.32 Å². The monoisotopic (exact) mass is 310 g/mol. The number of hydrogen-bond acceptors (Lipinski definition) is 3. The van der Waals surface area contributed by atoms with Gasteiger partial charge in [0.1, 0.15) is 0 Å². The Morgan fingerprint density at radius 1 is 1.25 bits per heavy atom. The summed E-state index contributed by atoms with van der Waals surface area (Å²) in [5.41, 5.74) is -1.14. The zero-order valence-electron chi connectivity index (χ0n) is 11.2. The molecule has 0 heterocycles. The average molecular weight is 310 g/mol. The topological polar surface area (TPSA) is 49.4 Å². The molecule has 0 spiro atoms. The van der Waals surface area contributed by atoms with Gasteiger partial charge in [-0.25, -0.2) is 12.7 Å². The maximum absolute atomic E-state index is 12.9. The van der Waals surface area contributed by atoms with Crippen molar-refractivity contribution in [3.8, 4) is 0 Å². The Kier molecular flexibility index (Phi) is 5.55. The second-order valence-corrected chi connectivity index (χ2v) is 6.29. The lowest BCUT2D eigenvalue weighted by Crippen LogP contribution is -2.31. The molecule has 0 aromatic heterocycles. The van der Waals surface area contributed by atoms with Gasteiger partial charge in [-0.05, 0) is 32.1 Å². The zero-order valence-corrected chi connectivity index (χ0v) is 12.1. The van der Waals surface area contributed by atoms with Crippen molar-refractivity contribution in [3.05, 3.63) is 29.8 Å². The molecule has 114 valence electrons. The third-order valence-electron chi connectivity index (χ3n) is 2.78. The summed E-state index contributed by atoms with van der Waals surface area (Å²) in [6.07, 6.45) is -4.18. The molecule has 0 bridgehead atoms. The van der Waals surface area contributed by atoms with Crippen molar-refractivity contribution in [3.63, 3.8) is 0 Å². The van der Waals surface area contributed by atoms with Crippen molar-refractivity contribution in [1.29, 1.82) is 0 Å². The molecule has 4 nitrogen and oxygen atoms in total. The van der Waals surface area contributed by atoms with Crippen molar-refractivity contribution >= 4 is 10.0 Å². The normalized spacial score (nSPS) is 12.9. The van der Waals surface area contributed by atoms with Crippen LogP contribution in [-0.4, -0.2) is 39.9 Å². The van der Waals surface area contributed by atoms with Crippen molar-refractivity contribution < 1.29 is 21.6 Å². The highest BCUT2D eigenvalue weighted by Gasteiger charge is 2.37. The van der Waals surface area contributed by atoms with Crippen LogP contribution >= 0.6 is 0 Å². The second-order valence-electron chi connectivity index (χ2n) is 4.28. The Bertz CT molecular complexity index is 544. The Hall–Kier alpha value is -1.12. The maximum Gasteiger partial charge on any atom is 0.417 e. The maximum atomic E-state index is 12.9. The molecule has 0 atom stereocenters. The molecule has 0 aliphatic carbocycles.